The van der Waals surface area contributed by atoms with Gasteiger partial charge in [0, 0.05) is 31.4 Å². The highest BCUT2D eigenvalue weighted by Crippen LogP contribution is 2.41. The van der Waals surface area contributed by atoms with Gasteiger partial charge in [-0.3, -0.25) is 18.8 Å². The molecule has 1 unspecified atom stereocenters. The van der Waals surface area contributed by atoms with E-state index in [1.54, 1.807) is 47.4 Å². The Morgan fingerprint density at radius 2 is 1.85 bits per heavy atom. The molecule has 0 aliphatic carbocycles. The molecule has 3 heterocycles. The van der Waals surface area contributed by atoms with E-state index in [0.29, 0.717) is 23.6 Å². The van der Waals surface area contributed by atoms with Gasteiger partial charge in [-0.1, -0.05) is 6.07 Å². The number of anilines is 1. The summed E-state index contributed by atoms with van der Waals surface area (Å²) in [6.07, 6.45) is -0.561. The van der Waals surface area contributed by atoms with Crippen LogP contribution in [0.4, 0.5) is 18.9 Å². The van der Waals surface area contributed by atoms with Crippen LogP contribution in [0, 0.1) is 0 Å². The van der Waals surface area contributed by atoms with Crippen LogP contribution in [-0.4, -0.2) is 76.1 Å². The van der Waals surface area contributed by atoms with Crippen molar-refractivity contribution in [1.82, 2.24) is 24.6 Å². The number of hydrogen-bond donors (Lipinski definition) is 1. The van der Waals surface area contributed by atoms with E-state index in [4.69, 9.17) is 9.90 Å². The Morgan fingerprint density at radius 3 is 2.36 bits per heavy atom. The minimum absolute atomic E-state index is 0.135. The summed E-state index contributed by atoms with van der Waals surface area (Å²) in [5.41, 5.74) is 2.55. The van der Waals surface area contributed by atoms with Crippen LogP contribution in [0.2, 0.25) is 0 Å². The second-order valence-electron chi connectivity index (χ2n) is 9.08. The zero-order valence-electron chi connectivity index (χ0n) is 21.5. The average Bonchev–Trinajstić information content (AvgIpc) is 3.48. The van der Waals surface area contributed by atoms with E-state index in [0.717, 1.165) is 11.3 Å². The highest BCUT2D eigenvalue weighted by Gasteiger charge is 2.38. The fourth-order valence-corrected chi connectivity index (χ4v) is 4.76. The molecule has 0 bridgehead atoms. The number of fused-ring (bicyclic) bond motifs is 1. The van der Waals surface area contributed by atoms with Gasteiger partial charge >= 0.3 is 12.1 Å². The van der Waals surface area contributed by atoms with Crippen LogP contribution < -0.4 is 4.31 Å². The first-order chi connectivity index (χ1) is 18.1. The number of benzene rings is 1. The SMILES string of the molecule is CC(C)n1cnc(C2CN(S(C)(=O)=O)c3ccc(C(=O)N(C)Cc4ccccn4)cc32)n1.O=C(O)C(F)(F)F. The summed E-state index contributed by atoms with van der Waals surface area (Å²) in [4.78, 5) is 32.3. The first-order valence-corrected chi connectivity index (χ1v) is 13.4. The fraction of sp³-hybridized carbons (Fsp3) is 0.375. The molecule has 4 rings (SSSR count). The van der Waals surface area contributed by atoms with E-state index in [9.17, 15) is 26.4 Å². The van der Waals surface area contributed by atoms with Gasteiger partial charge in [0.05, 0.1) is 30.1 Å². The van der Waals surface area contributed by atoms with Crippen LogP contribution in [-0.2, 0) is 21.4 Å². The summed E-state index contributed by atoms with van der Waals surface area (Å²) in [5.74, 6) is -2.74. The van der Waals surface area contributed by atoms with E-state index in [1.807, 2.05) is 32.0 Å². The van der Waals surface area contributed by atoms with Gasteiger partial charge in [0.25, 0.3) is 5.91 Å². The highest BCUT2D eigenvalue weighted by atomic mass is 32.2. The number of aromatic nitrogens is 4. The van der Waals surface area contributed by atoms with E-state index in [2.05, 4.69) is 15.1 Å². The van der Waals surface area contributed by atoms with Crippen molar-refractivity contribution in [3.63, 3.8) is 0 Å². The van der Waals surface area contributed by atoms with E-state index < -0.39 is 22.2 Å². The Balaban J connectivity index is 0.000000532. The molecular weight excluding hydrogens is 541 g/mol. The maximum absolute atomic E-state index is 13.1. The predicted octanol–water partition coefficient (Wildman–Crippen LogP) is 3.07. The first kappa shape index (κ1) is 29.5. The minimum atomic E-state index is -5.08. The second-order valence-corrected chi connectivity index (χ2v) is 11.0. The van der Waals surface area contributed by atoms with Crippen molar-refractivity contribution in [2.45, 2.75) is 38.5 Å². The summed E-state index contributed by atoms with van der Waals surface area (Å²) < 4.78 is 59.7. The second kappa shape index (κ2) is 11.4. The van der Waals surface area contributed by atoms with Crippen LogP contribution in [0.25, 0.3) is 0 Å². The molecule has 1 N–H and O–H groups in total. The van der Waals surface area contributed by atoms with Gasteiger partial charge in [0.2, 0.25) is 10.0 Å². The summed E-state index contributed by atoms with van der Waals surface area (Å²) in [5, 5.41) is 11.7. The molecule has 0 saturated heterocycles. The number of rotatable bonds is 6. The van der Waals surface area contributed by atoms with Crippen molar-refractivity contribution in [2.75, 3.05) is 24.2 Å². The number of sulfonamides is 1. The number of nitrogens with zero attached hydrogens (tertiary/aromatic N) is 6. The molecule has 3 aromatic rings. The lowest BCUT2D eigenvalue weighted by atomic mass is 9.98. The van der Waals surface area contributed by atoms with Crippen molar-refractivity contribution in [2.24, 2.45) is 0 Å². The van der Waals surface area contributed by atoms with Gasteiger partial charge in [-0.15, -0.1) is 0 Å². The van der Waals surface area contributed by atoms with Crippen molar-refractivity contribution in [3.05, 3.63) is 71.6 Å². The topological polar surface area (TPSA) is 139 Å². The third-order valence-electron chi connectivity index (χ3n) is 5.75. The van der Waals surface area contributed by atoms with Crippen LogP contribution in [0.15, 0.2) is 48.9 Å². The number of carbonyl (C=O) groups is 2. The van der Waals surface area contributed by atoms with Crippen LogP contribution in [0.5, 0.6) is 0 Å². The number of aliphatic carboxylic acids is 1. The van der Waals surface area contributed by atoms with E-state index in [1.165, 1.54) is 10.6 Å². The summed E-state index contributed by atoms with van der Waals surface area (Å²) in [6, 6.07) is 10.8. The number of carbonyl (C=O) groups excluding carboxylic acids is 1. The molecule has 1 amide bonds. The van der Waals surface area contributed by atoms with Crippen LogP contribution in [0.3, 0.4) is 0 Å². The molecule has 15 heteroatoms. The molecule has 210 valence electrons. The number of hydrogen-bond acceptors (Lipinski definition) is 7. The average molecular weight is 569 g/mol. The molecule has 2 aromatic heterocycles. The zero-order valence-corrected chi connectivity index (χ0v) is 22.3. The fourth-order valence-electron chi connectivity index (χ4n) is 3.81. The summed E-state index contributed by atoms with van der Waals surface area (Å²) in [6.45, 7) is 4.57. The third kappa shape index (κ3) is 7.10. The monoisotopic (exact) mass is 568 g/mol. The Morgan fingerprint density at radius 1 is 1.18 bits per heavy atom. The van der Waals surface area contributed by atoms with Crippen molar-refractivity contribution in [3.8, 4) is 0 Å². The standard InChI is InChI=1S/C22H26N6O3S.C2HF3O2/c1-15(2)27-14-24-21(25-27)19-13-28(32(4,30)31)20-9-8-16(11-18(19)20)22(29)26(3)12-17-7-5-6-10-23-17;3-2(4,5)1(6)7/h5-11,14-15,19H,12-13H2,1-4H3;(H,6,7). The van der Waals surface area contributed by atoms with Crippen LogP contribution in [0.1, 0.15) is 53.2 Å². The van der Waals surface area contributed by atoms with Gasteiger partial charge in [0.1, 0.15) is 6.33 Å². The molecule has 1 aliphatic rings. The van der Waals surface area contributed by atoms with Gasteiger partial charge in [-0.2, -0.15) is 18.3 Å². The minimum Gasteiger partial charge on any atom is -0.475 e. The third-order valence-corrected chi connectivity index (χ3v) is 6.90. The predicted molar refractivity (Wildman–Crippen MR) is 135 cm³/mol. The Kier molecular flexibility index (Phi) is 8.63. The molecule has 0 radical (unpaired) electrons. The molecule has 1 aliphatic heterocycles. The maximum atomic E-state index is 13.1. The highest BCUT2D eigenvalue weighted by molar-refractivity contribution is 7.92. The van der Waals surface area contributed by atoms with Gasteiger partial charge in [-0.25, -0.2) is 18.2 Å². The Bertz CT molecular complexity index is 1440. The lowest BCUT2D eigenvalue weighted by molar-refractivity contribution is -0.192. The summed E-state index contributed by atoms with van der Waals surface area (Å²) >= 11 is 0. The number of halogens is 3. The zero-order chi connectivity index (χ0) is 29.1. The molecule has 0 saturated carbocycles. The molecule has 0 fully saturated rings. The molecule has 0 spiro atoms. The number of carboxylic acids is 1. The summed E-state index contributed by atoms with van der Waals surface area (Å²) in [7, 11) is -1.77. The molecule has 11 nitrogen and oxygen atoms in total. The maximum Gasteiger partial charge on any atom is 0.490 e. The Hall–Kier alpha value is -4.01. The van der Waals surface area contributed by atoms with Crippen molar-refractivity contribution in [1.29, 1.82) is 0 Å². The van der Waals surface area contributed by atoms with E-state index in [-0.39, 0.29) is 24.4 Å². The number of alkyl halides is 3. The Labute approximate surface area is 223 Å². The number of pyridine rings is 1. The molecule has 39 heavy (non-hydrogen) atoms. The quantitative estimate of drug-likeness (QED) is 0.479. The van der Waals surface area contributed by atoms with Crippen LogP contribution >= 0.6 is 0 Å². The lowest BCUT2D eigenvalue weighted by Crippen LogP contribution is -2.29. The molecular formula is C24H27F3N6O5S. The lowest BCUT2D eigenvalue weighted by Gasteiger charge is -2.18. The smallest absolute Gasteiger partial charge is 0.475 e. The van der Waals surface area contributed by atoms with Gasteiger partial charge in [0.15, 0.2) is 5.82 Å². The molecule has 1 atom stereocenters. The number of amides is 1. The van der Waals surface area contributed by atoms with Gasteiger partial charge < -0.3 is 10.0 Å². The first-order valence-electron chi connectivity index (χ1n) is 11.6. The van der Waals surface area contributed by atoms with Crippen molar-refractivity contribution < 1.29 is 36.3 Å². The van der Waals surface area contributed by atoms with E-state index >= 15 is 0 Å². The molecule has 1 aromatic carbocycles. The number of carboxylic acid groups (broad SMARTS) is 1. The largest absolute Gasteiger partial charge is 0.490 e. The normalized spacial score (nSPS) is 15.0. The van der Waals surface area contributed by atoms with Gasteiger partial charge in [-0.05, 0) is 49.7 Å². The van der Waals surface area contributed by atoms with Crippen molar-refractivity contribution >= 4 is 27.6 Å².